The topological polar surface area (TPSA) is 51.0 Å². The largest absolute Gasteiger partial charge is 0.369 e. The molecule has 4 nitrogen and oxygen atoms in total. The van der Waals surface area contributed by atoms with E-state index >= 15 is 0 Å². The van der Waals surface area contributed by atoms with Crippen LogP contribution in [0.4, 0.5) is 5.82 Å². The number of nitrogens with zero attached hydrogens (tertiary/aromatic N) is 2. The highest BCUT2D eigenvalue weighted by atomic mass is 16.5. The lowest BCUT2D eigenvalue weighted by Gasteiger charge is -1.90. The lowest BCUT2D eigenvalue weighted by Crippen LogP contribution is -1.91. The molecule has 0 aliphatic rings. The van der Waals surface area contributed by atoms with E-state index in [1.807, 2.05) is 6.92 Å². The molecule has 0 fully saturated rings. The number of hydrogen-bond donors (Lipinski definition) is 1. The molecular formula is C5H9N3O. The molecule has 0 amide bonds. The number of hydrogen-bond acceptors (Lipinski definition) is 4. The molecule has 0 bridgehead atoms. The van der Waals surface area contributed by atoms with Crippen molar-refractivity contribution in [3.05, 3.63) is 5.76 Å². The van der Waals surface area contributed by atoms with E-state index < -0.39 is 0 Å². The van der Waals surface area contributed by atoms with Gasteiger partial charge in [-0.05, 0) is 0 Å². The highest BCUT2D eigenvalue weighted by Crippen LogP contribution is 2.08. The van der Waals surface area contributed by atoms with Crippen LogP contribution in [0, 0.1) is 0 Å². The molecule has 1 N–H and O–H groups in total. The molecule has 1 rings (SSSR count). The van der Waals surface area contributed by atoms with Crippen molar-refractivity contribution in [2.45, 2.75) is 13.3 Å². The van der Waals surface area contributed by atoms with Crippen molar-refractivity contribution in [3.8, 4) is 0 Å². The Morgan fingerprint density at radius 2 is 2.44 bits per heavy atom. The second kappa shape index (κ2) is 2.48. The van der Waals surface area contributed by atoms with Crippen LogP contribution in [0.5, 0.6) is 0 Å². The first kappa shape index (κ1) is 6.07. The van der Waals surface area contributed by atoms with E-state index in [1.54, 1.807) is 7.05 Å². The predicted octanol–water partition coefficient (Wildman–Crippen LogP) is 0.674. The van der Waals surface area contributed by atoms with Gasteiger partial charge in [0.2, 0.25) is 0 Å². The summed E-state index contributed by atoms with van der Waals surface area (Å²) in [7, 11) is 1.79. The Bertz CT molecular complexity index is 166. The van der Waals surface area contributed by atoms with E-state index in [9.17, 15) is 0 Å². The number of aromatic nitrogens is 2. The van der Waals surface area contributed by atoms with Gasteiger partial charge in [0.25, 0.3) is 0 Å². The standard InChI is InChI=1S/C5H9N3O/c1-3-4-5(6-2)7-8-9-4/h6H,3H2,1-2H3. The minimum Gasteiger partial charge on any atom is -0.369 e. The van der Waals surface area contributed by atoms with Crippen LogP contribution in [-0.2, 0) is 6.42 Å². The third-order valence-electron chi connectivity index (χ3n) is 1.11. The molecule has 0 aliphatic heterocycles. The summed E-state index contributed by atoms with van der Waals surface area (Å²) < 4.78 is 4.78. The van der Waals surface area contributed by atoms with Gasteiger partial charge in [-0.1, -0.05) is 12.0 Å². The summed E-state index contributed by atoms with van der Waals surface area (Å²) >= 11 is 0. The predicted molar refractivity (Wildman–Crippen MR) is 33.2 cm³/mol. The van der Waals surface area contributed by atoms with Gasteiger partial charge in [-0.15, -0.1) is 0 Å². The van der Waals surface area contributed by atoms with Gasteiger partial charge in [-0.25, -0.2) is 0 Å². The van der Waals surface area contributed by atoms with Crippen LogP contribution in [-0.4, -0.2) is 17.4 Å². The lowest BCUT2D eigenvalue weighted by molar-refractivity contribution is 0.365. The van der Waals surface area contributed by atoms with Crippen LogP contribution in [0.1, 0.15) is 12.7 Å². The number of rotatable bonds is 2. The van der Waals surface area contributed by atoms with Gasteiger partial charge in [-0.3, -0.25) is 0 Å². The fraction of sp³-hybridized carbons (Fsp3) is 0.600. The van der Waals surface area contributed by atoms with Gasteiger partial charge in [0, 0.05) is 18.7 Å². The maximum Gasteiger partial charge on any atom is 0.193 e. The summed E-state index contributed by atoms with van der Waals surface area (Å²) in [6.45, 7) is 1.99. The number of anilines is 1. The van der Waals surface area contributed by atoms with Crippen LogP contribution >= 0.6 is 0 Å². The number of aryl methyl sites for hydroxylation is 1. The zero-order chi connectivity index (χ0) is 6.69. The fourth-order valence-corrected chi connectivity index (χ4v) is 0.631. The molecule has 0 saturated heterocycles. The molecular weight excluding hydrogens is 118 g/mol. The van der Waals surface area contributed by atoms with E-state index in [1.165, 1.54) is 0 Å². The fourth-order valence-electron chi connectivity index (χ4n) is 0.631. The Hall–Kier alpha value is -1.06. The Labute approximate surface area is 53.2 Å². The van der Waals surface area contributed by atoms with Crippen LogP contribution < -0.4 is 5.32 Å². The molecule has 0 aromatic carbocycles. The molecule has 0 spiro atoms. The normalized spacial score (nSPS) is 9.56. The SMILES string of the molecule is CCc1onnc1NC. The molecule has 0 unspecified atom stereocenters. The number of nitrogens with one attached hydrogen (secondary N) is 1. The van der Waals surface area contributed by atoms with Crippen LogP contribution in [0.2, 0.25) is 0 Å². The van der Waals surface area contributed by atoms with Gasteiger partial charge in [0.1, 0.15) is 0 Å². The smallest absolute Gasteiger partial charge is 0.193 e. The monoisotopic (exact) mass is 127 g/mol. The van der Waals surface area contributed by atoms with Gasteiger partial charge < -0.3 is 9.84 Å². The minimum atomic E-state index is 0.734. The van der Waals surface area contributed by atoms with Crippen molar-refractivity contribution in [2.75, 3.05) is 12.4 Å². The maximum absolute atomic E-state index is 4.78. The van der Waals surface area contributed by atoms with Gasteiger partial charge in [0.15, 0.2) is 11.6 Å². The first-order valence-electron chi connectivity index (χ1n) is 2.87. The molecule has 9 heavy (non-hydrogen) atoms. The van der Waals surface area contributed by atoms with Crippen molar-refractivity contribution in [1.82, 2.24) is 10.4 Å². The molecule has 0 atom stereocenters. The molecule has 50 valence electrons. The molecule has 1 aromatic heterocycles. The molecule has 1 heterocycles. The van der Waals surface area contributed by atoms with Crippen LogP contribution in [0.3, 0.4) is 0 Å². The second-order valence-electron chi connectivity index (χ2n) is 1.65. The van der Waals surface area contributed by atoms with E-state index in [2.05, 4.69) is 15.7 Å². The molecule has 0 saturated carbocycles. The van der Waals surface area contributed by atoms with Gasteiger partial charge in [-0.2, -0.15) is 0 Å². The minimum absolute atomic E-state index is 0.734. The van der Waals surface area contributed by atoms with Crippen LogP contribution in [0.15, 0.2) is 4.52 Å². The summed E-state index contributed by atoms with van der Waals surface area (Å²) in [6, 6.07) is 0. The average molecular weight is 127 g/mol. The van der Waals surface area contributed by atoms with Gasteiger partial charge >= 0.3 is 0 Å². The zero-order valence-electron chi connectivity index (χ0n) is 5.51. The molecule has 1 aromatic rings. The van der Waals surface area contributed by atoms with Crippen LogP contribution in [0.25, 0.3) is 0 Å². The van der Waals surface area contributed by atoms with E-state index in [4.69, 9.17) is 4.52 Å². The third-order valence-corrected chi connectivity index (χ3v) is 1.11. The Balaban J connectivity index is 2.85. The molecule has 0 radical (unpaired) electrons. The molecule has 0 aliphatic carbocycles. The van der Waals surface area contributed by atoms with Crippen molar-refractivity contribution in [3.63, 3.8) is 0 Å². The summed E-state index contributed by atoms with van der Waals surface area (Å²) in [5.74, 6) is 1.54. The summed E-state index contributed by atoms with van der Waals surface area (Å²) in [6.07, 6.45) is 0.823. The average Bonchev–Trinajstić information content (AvgIpc) is 2.33. The molecule has 4 heteroatoms. The van der Waals surface area contributed by atoms with E-state index in [-0.39, 0.29) is 0 Å². The Morgan fingerprint density at radius 3 is 2.89 bits per heavy atom. The quantitative estimate of drug-likeness (QED) is 0.634. The van der Waals surface area contributed by atoms with Crippen molar-refractivity contribution in [1.29, 1.82) is 0 Å². The summed E-state index contributed by atoms with van der Waals surface area (Å²) in [4.78, 5) is 0. The van der Waals surface area contributed by atoms with E-state index in [0.29, 0.717) is 0 Å². The van der Waals surface area contributed by atoms with Gasteiger partial charge in [0.05, 0.1) is 0 Å². The van der Waals surface area contributed by atoms with Crippen molar-refractivity contribution in [2.24, 2.45) is 0 Å². The zero-order valence-corrected chi connectivity index (χ0v) is 5.51. The van der Waals surface area contributed by atoms with E-state index in [0.717, 1.165) is 18.0 Å². The third kappa shape index (κ3) is 1.01. The van der Waals surface area contributed by atoms with Crippen molar-refractivity contribution >= 4 is 5.82 Å². The highest BCUT2D eigenvalue weighted by molar-refractivity contribution is 5.35. The Kier molecular flexibility index (Phi) is 1.67. The summed E-state index contributed by atoms with van der Waals surface area (Å²) in [5.41, 5.74) is 0. The first-order valence-corrected chi connectivity index (χ1v) is 2.87. The second-order valence-corrected chi connectivity index (χ2v) is 1.65. The summed E-state index contributed by atoms with van der Waals surface area (Å²) in [5, 5.41) is 9.91. The Morgan fingerprint density at radius 1 is 1.67 bits per heavy atom. The lowest BCUT2D eigenvalue weighted by atomic mass is 10.4. The highest BCUT2D eigenvalue weighted by Gasteiger charge is 2.03. The van der Waals surface area contributed by atoms with Crippen molar-refractivity contribution < 1.29 is 4.52 Å². The first-order chi connectivity index (χ1) is 4.38. The maximum atomic E-state index is 4.78.